The van der Waals surface area contributed by atoms with Gasteiger partial charge in [0.05, 0.1) is 20.3 Å². The lowest BCUT2D eigenvalue weighted by Crippen LogP contribution is -2.42. The van der Waals surface area contributed by atoms with Crippen LogP contribution in [0.1, 0.15) is 31.9 Å². The average molecular weight is 372 g/mol. The molecule has 26 heavy (non-hydrogen) atoms. The molecule has 0 aliphatic carbocycles. The Hall–Kier alpha value is -2.47. The maximum Gasteiger partial charge on any atom is 0.171 e. The molecule has 3 rings (SSSR count). The Bertz CT molecular complexity index is 790. The first-order valence-electron chi connectivity index (χ1n) is 8.49. The van der Waals surface area contributed by atoms with Gasteiger partial charge in [0.2, 0.25) is 0 Å². The van der Waals surface area contributed by atoms with Gasteiger partial charge in [0.1, 0.15) is 22.8 Å². The molecule has 0 radical (unpaired) electrons. The van der Waals surface area contributed by atoms with Crippen LogP contribution in [0.5, 0.6) is 17.2 Å². The summed E-state index contributed by atoms with van der Waals surface area (Å²) in [6.45, 7) is 4.16. The third-order valence-corrected chi connectivity index (χ3v) is 4.55. The van der Waals surface area contributed by atoms with Gasteiger partial charge < -0.3 is 24.8 Å². The Morgan fingerprint density at radius 1 is 1.08 bits per heavy atom. The number of hydrogen-bond acceptors (Lipinski definition) is 4. The highest BCUT2D eigenvalue weighted by molar-refractivity contribution is 7.80. The predicted molar refractivity (Wildman–Crippen MR) is 107 cm³/mol. The molecule has 5 nitrogen and oxygen atoms in total. The Balaban J connectivity index is 1.76. The van der Waals surface area contributed by atoms with Gasteiger partial charge in [0.15, 0.2) is 5.11 Å². The van der Waals surface area contributed by atoms with Crippen molar-refractivity contribution in [2.24, 2.45) is 0 Å². The van der Waals surface area contributed by atoms with Crippen molar-refractivity contribution in [3.63, 3.8) is 0 Å². The fraction of sp³-hybridized carbons (Fsp3) is 0.350. The summed E-state index contributed by atoms with van der Waals surface area (Å²) in [6, 6.07) is 13.5. The minimum Gasteiger partial charge on any atom is -0.497 e. The van der Waals surface area contributed by atoms with E-state index in [4.69, 9.17) is 26.4 Å². The van der Waals surface area contributed by atoms with E-state index in [1.54, 1.807) is 14.2 Å². The van der Waals surface area contributed by atoms with E-state index in [0.29, 0.717) is 5.11 Å². The van der Waals surface area contributed by atoms with Crippen LogP contribution in [0.15, 0.2) is 42.5 Å². The van der Waals surface area contributed by atoms with E-state index in [1.165, 1.54) is 0 Å². The second kappa shape index (κ2) is 7.41. The molecule has 0 bridgehead atoms. The molecule has 138 valence electrons. The molecule has 0 spiro atoms. The molecular formula is C20H24N2O3S. The minimum atomic E-state index is -0.283. The zero-order chi connectivity index (χ0) is 18.7. The molecule has 0 aromatic heterocycles. The SMILES string of the molecule is COc1ccc(NC(=S)N[C@H]2CC(C)(C)Oc3ccc(OC)cc32)cc1. The predicted octanol–water partition coefficient (Wildman–Crippen LogP) is 4.29. The summed E-state index contributed by atoms with van der Waals surface area (Å²) in [4.78, 5) is 0. The average Bonchev–Trinajstić information content (AvgIpc) is 2.61. The third-order valence-electron chi connectivity index (χ3n) is 4.33. The van der Waals surface area contributed by atoms with Crippen molar-refractivity contribution in [3.05, 3.63) is 48.0 Å². The minimum absolute atomic E-state index is 0.0297. The van der Waals surface area contributed by atoms with E-state index in [0.717, 1.165) is 34.9 Å². The summed E-state index contributed by atoms with van der Waals surface area (Å²) in [6.07, 6.45) is 0.789. The Morgan fingerprint density at radius 3 is 2.38 bits per heavy atom. The molecule has 1 heterocycles. The quantitative estimate of drug-likeness (QED) is 0.781. The van der Waals surface area contributed by atoms with E-state index in [1.807, 2.05) is 42.5 Å². The van der Waals surface area contributed by atoms with Crippen molar-refractivity contribution < 1.29 is 14.2 Å². The van der Waals surface area contributed by atoms with Crippen LogP contribution in [-0.2, 0) is 0 Å². The number of rotatable bonds is 4. The van der Waals surface area contributed by atoms with Gasteiger partial charge >= 0.3 is 0 Å². The number of benzene rings is 2. The van der Waals surface area contributed by atoms with Crippen molar-refractivity contribution in [1.82, 2.24) is 5.32 Å². The maximum atomic E-state index is 6.10. The van der Waals surface area contributed by atoms with E-state index in [9.17, 15) is 0 Å². The summed E-state index contributed by atoms with van der Waals surface area (Å²) in [7, 11) is 3.31. The molecule has 1 aliphatic heterocycles. The highest BCUT2D eigenvalue weighted by Gasteiger charge is 2.34. The van der Waals surface area contributed by atoms with Crippen LogP contribution in [0.2, 0.25) is 0 Å². The highest BCUT2D eigenvalue weighted by Crippen LogP contribution is 2.41. The second-order valence-corrected chi connectivity index (χ2v) is 7.26. The number of ether oxygens (including phenoxy) is 3. The second-order valence-electron chi connectivity index (χ2n) is 6.85. The van der Waals surface area contributed by atoms with E-state index < -0.39 is 0 Å². The number of nitrogens with one attached hydrogen (secondary N) is 2. The van der Waals surface area contributed by atoms with Crippen LogP contribution < -0.4 is 24.8 Å². The topological polar surface area (TPSA) is 51.8 Å². The molecule has 0 fully saturated rings. The van der Waals surface area contributed by atoms with Gasteiger partial charge in [-0.3, -0.25) is 0 Å². The monoisotopic (exact) mass is 372 g/mol. The van der Waals surface area contributed by atoms with Gasteiger partial charge in [-0.25, -0.2) is 0 Å². The first kappa shape index (κ1) is 18.3. The van der Waals surface area contributed by atoms with Crippen LogP contribution in [0, 0.1) is 0 Å². The Labute approximate surface area is 159 Å². The fourth-order valence-corrected chi connectivity index (χ4v) is 3.35. The molecule has 1 atom stereocenters. The molecule has 0 saturated carbocycles. The number of thiocarbonyl (C=S) groups is 1. The van der Waals surface area contributed by atoms with Crippen molar-refractivity contribution in [3.8, 4) is 17.2 Å². The molecule has 0 unspecified atom stereocenters. The number of hydrogen-bond donors (Lipinski definition) is 2. The summed E-state index contributed by atoms with van der Waals surface area (Å²) in [5.74, 6) is 2.46. The van der Waals surface area contributed by atoms with Crippen molar-refractivity contribution >= 4 is 23.0 Å². The lowest BCUT2D eigenvalue weighted by molar-refractivity contribution is 0.0695. The van der Waals surface area contributed by atoms with E-state index in [2.05, 4.69) is 24.5 Å². The number of fused-ring (bicyclic) bond motifs is 1. The largest absolute Gasteiger partial charge is 0.497 e. The zero-order valence-corrected chi connectivity index (χ0v) is 16.3. The van der Waals surface area contributed by atoms with Crippen LogP contribution in [0.4, 0.5) is 5.69 Å². The highest BCUT2D eigenvalue weighted by atomic mass is 32.1. The van der Waals surface area contributed by atoms with Gasteiger partial charge in [-0.1, -0.05) is 0 Å². The van der Waals surface area contributed by atoms with Gasteiger partial charge in [-0.05, 0) is 68.5 Å². The maximum absolute atomic E-state index is 6.10. The van der Waals surface area contributed by atoms with Gasteiger partial charge in [-0.15, -0.1) is 0 Å². The lowest BCUT2D eigenvalue weighted by atomic mass is 9.89. The van der Waals surface area contributed by atoms with Crippen LogP contribution in [0.3, 0.4) is 0 Å². The molecule has 2 N–H and O–H groups in total. The van der Waals surface area contributed by atoms with E-state index >= 15 is 0 Å². The van der Waals surface area contributed by atoms with Crippen molar-refractivity contribution in [2.45, 2.75) is 31.9 Å². The lowest BCUT2D eigenvalue weighted by Gasteiger charge is -2.38. The van der Waals surface area contributed by atoms with E-state index in [-0.39, 0.29) is 11.6 Å². The molecule has 2 aromatic carbocycles. The van der Waals surface area contributed by atoms with Crippen LogP contribution in [-0.4, -0.2) is 24.9 Å². The fourth-order valence-electron chi connectivity index (χ4n) is 3.09. The number of anilines is 1. The smallest absolute Gasteiger partial charge is 0.171 e. The molecule has 6 heteroatoms. The third kappa shape index (κ3) is 4.19. The Morgan fingerprint density at radius 2 is 1.73 bits per heavy atom. The zero-order valence-electron chi connectivity index (χ0n) is 15.5. The molecule has 2 aromatic rings. The van der Waals surface area contributed by atoms with Gasteiger partial charge in [-0.2, -0.15) is 0 Å². The van der Waals surface area contributed by atoms with Crippen LogP contribution in [0.25, 0.3) is 0 Å². The standard InChI is InChI=1S/C20H24N2O3S/c1-20(2)12-17(16-11-15(24-4)9-10-18(16)25-20)22-19(26)21-13-5-7-14(23-3)8-6-13/h5-11,17H,12H2,1-4H3,(H2,21,22,26)/t17-/m0/s1. The first-order valence-corrected chi connectivity index (χ1v) is 8.89. The molecule has 0 saturated heterocycles. The number of methoxy groups -OCH3 is 2. The summed E-state index contributed by atoms with van der Waals surface area (Å²) in [5, 5.41) is 7.19. The van der Waals surface area contributed by atoms with Crippen molar-refractivity contribution in [2.75, 3.05) is 19.5 Å². The first-order chi connectivity index (χ1) is 12.4. The van der Waals surface area contributed by atoms with Gasteiger partial charge in [0, 0.05) is 17.7 Å². The molecule has 1 aliphatic rings. The van der Waals surface area contributed by atoms with Gasteiger partial charge in [0.25, 0.3) is 0 Å². The summed E-state index contributed by atoms with van der Waals surface area (Å²) < 4.78 is 16.6. The van der Waals surface area contributed by atoms with Crippen molar-refractivity contribution in [1.29, 1.82) is 0 Å². The Kier molecular flexibility index (Phi) is 5.23. The van der Waals surface area contributed by atoms with Crippen LogP contribution >= 0.6 is 12.2 Å². The summed E-state index contributed by atoms with van der Waals surface area (Å²) >= 11 is 5.52. The molecular weight excluding hydrogens is 348 g/mol. The normalized spacial score (nSPS) is 17.5. The molecule has 0 amide bonds. The summed E-state index contributed by atoms with van der Waals surface area (Å²) in [5.41, 5.74) is 1.66.